The molecule has 0 aromatic heterocycles. The summed E-state index contributed by atoms with van der Waals surface area (Å²) in [6.07, 6.45) is -10.9. The lowest BCUT2D eigenvalue weighted by atomic mass is 9.86. The number of rotatable bonds is 25. The van der Waals surface area contributed by atoms with Gasteiger partial charge in [0, 0.05) is 6.42 Å². The summed E-state index contributed by atoms with van der Waals surface area (Å²) in [5.41, 5.74) is 0. The van der Waals surface area contributed by atoms with Gasteiger partial charge in [-0.15, -0.1) is 0 Å². The van der Waals surface area contributed by atoms with Crippen LogP contribution in [-0.2, 0) is 23.7 Å². The van der Waals surface area contributed by atoms with Crippen LogP contribution in [0.1, 0.15) is 6.42 Å². The van der Waals surface area contributed by atoms with E-state index < -0.39 is 85.7 Å². The highest BCUT2D eigenvalue weighted by atomic mass is 19.4. The third-order valence-electron chi connectivity index (χ3n) is 5.86. The lowest BCUT2D eigenvalue weighted by molar-refractivity contribution is -0.474. The van der Waals surface area contributed by atoms with E-state index in [1.165, 1.54) is 0 Å². The molecule has 0 heterocycles. The lowest BCUT2D eigenvalue weighted by Crippen LogP contribution is -2.76. The zero-order valence-electron chi connectivity index (χ0n) is 23.9. The summed E-state index contributed by atoms with van der Waals surface area (Å²) < 4.78 is 305. The first kappa shape index (κ1) is 47.3. The van der Waals surface area contributed by atoms with Gasteiger partial charge >= 0.3 is 59.5 Å². The molecule has 0 aromatic rings. The van der Waals surface area contributed by atoms with Crippen LogP contribution in [0.4, 0.5) is 92.2 Å². The predicted molar refractivity (Wildman–Crippen MR) is 116 cm³/mol. The number of ether oxygens (including phenoxy) is 5. The number of halogens is 21. The first-order chi connectivity index (χ1) is 21.8. The second-order valence-electron chi connectivity index (χ2n) is 9.33. The fourth-order valence-electron chi connectivity index (χ4n) is 2.99. The Bertz CT molecular complexity index is 989. The van der Waals surface area contributed by atoms with Gasteiger partial charge in [-0.1, -0.05) is 0 Å². The van der Waals surface area contributed by atoms with Gasteiger partial charge in [-0.2, -0.15) is 92.2 Å². The molecule has 0 radical (unpaired) electrons. The van der Waals surface area contributed by atoms with Crippen molar-refractivity contribution in [1.29, 1.82) is 0 Å². The SMILES string of the molecule is OCCOCCOCCOCCOCCOCCC(F)(F)C(F)(F)C(F)(F)C(F)(F)C(F)(F)C(F)(F)C(F)(F)C(F)(F)C(F)(F)C(F)(F)F. The lowest BCUT2D eigenvalue weighted by Gasteiger charge is -2.44. The molecular weight excluding hydrogens is 759 g/mol. The second kappa shape index (κ2) is 16.8. The quantitative estimate of drug-likeness (QED) is 0.0819. The molecule has 0 spiro atoms. The van der Waals surface area contributed by atoms with Gasteiger partial charge in [-0.3, -0.25) is 0 Å². The van der Waals surface area contributed by atoms with E-state index in [9.17, 15) is 92.2 Å². The van der Waals surface area contributed by atoms with Crippen LogP contribution >= 0.6 is 0 Å². The van der Waals surface area contributed by atoms with Crippen LogP contribution in [0.15, 0.2) is 0 Å². The zero-order chi connectivity index (χ0) is 39.0. The highest BCUT2D eigenvalue weighted by molar-refractivity contribution is 5.17. The summed E-state index contributed by atoms with van der Waals surface area (Å²) in [4.78, 5) is 0. The second-order valence-corrected chi connectivity index (χ2v) is 9.33. The number of aliphatic hydroxyl groups excluding tert-OH is 1. The third kappa shape index (κ3) is 9.40. The van der Waals surface area contributed by atoms with Gasteiger partial charge in [0.2, 0.25) is 0 Å². The Morgan fingerprint density at radius 3 is 0.776 bits per heavy atom. The Hall–Kier alpha value is -1.71. The van der Waals surface area contributed by atoms with E-state index in [-0.39, 0.29) is 52.9 Å². The number of aliphatic hydroxyl groups is 1. The molecule has 0 bridgehead atoms. The molecular formula is C22H25F21O6. The van der Waals surface area contributed by atoms with Crippen LogP contribution < -0.4 is 0 Å². The molecule has 0 fully saturated rings. The molecule has 0 aliphatic carbocycles. The summed E-state index contributed by atoms with van der Waals surface area (Å²) in [6.45, 7) is -3.31. The molecule has 0 saturated heterocycles. The van der Waals surface area contributed by atoms with E-state index in [2.05, 4.69) is 4.74 Å². The molecule has 0 unspecified atom stereocenters. The standard InChI is InChI=1S/C22H25F21O6/c23-13(24,1-3-45-5-7-47-9-11-49-12-10-48-8-6-46-4-2-44)14(25,26)15(27,28)16(29,30)17(31,32)18(33,34)19(35,36)20(37,38)21(39,40)22(41,42)43/h44H,1-12H2. The molecule has 1 N–H and O–H groups in total. The van der Waals surface area contributed by atoms with Crippen LogP contribution in [0.3, 0.4) is 0 Å². The molecule has 0 amide bonds. The van der Waals surface area contributed by atoms with Gasteiger partial charge in [-0.25, -0.2) is 0 Å². The van der Waals surface area contributed by atoms with E-state index >= 15 is 0 Å². The summed E-state index contributed by atoms with van der Waals surface area (Å²) in [7, 11) is 0. The van der Waals surface area contributed by atoms with Crippen molar-refractivity contribution >= 4 is 0 Å². The molecule has 0 rings (SSSR count). The number of hydrogen-bond acceptors (Lipinski definition) is 6. The van der Waals surface area contributed by atoms with E-state index in [0.29, 0.717) is 0 Å². The normalized spacial score (nSPS) is 15.3. The van der Waals surface area contributed by atoms with Crippen LogP contribution in [0.5, 0.6) is 0 Å². The average Bonchev–Trinajstić information content (AvgIpc) is 2.95. The molecule has 296 valence electrons. The summed E-state index contributed by atoms with van der Waals surface area (Å²) in [5, 5.41) is 8.47. The Morgan fingerprint density at radius 2 is 0.510 bits per heavy atom. The van der Waals surface area contributed by atoms with E-state index in [0.717, 1.165) is 0 Å². The Kier molecular flexibility index (Phi) is 16.2. The minimum absolute atomic E-state index is 0.0271. The third-order valence-corrected chi connectivity index (χ3v) is 5.86. The first-order valence-corrected chi connectivity index (χ1v) is 12.8. The van der Waals surface area contributed by atoms with Crippen LogP contribution in [0.25, 0.3) is 0 Å². The molecule has 0 atom stereocenters. The highest BCUT2D eigenvalue weighted by Gasteiger charge is 2.97. The van der Waals surface area contributed by atoms with Gasteiger partial charge in [0.05, 0.1) is 72.7 Å². The highest BCUT2D eigenvalue weighted by Crippen LogP contribution is 2.66. The van der Waals surface area contributed by atoms with Crippen molar-refractivity contribution in [1.82, 2.24) is 0 Å². The summed E-state index contributed by atoms with van der Waals surface area (Å²) in [6, 6.07) is 0. The van der Waals surface area contributed by atoms with E-state index in [4.69, 9.17) is 24.1 Å². The summed E-state index contributed by atoms with van der Waals surface area (Å²) in [5.74, 6) is -77.2. The largest absolute Gasteiger partial charge is 0.460 e. The van der Waals surface area contributed by atoms with E-state index in [1.54, 1.807) is 0 Å². The predicted octanol–water partition coefficient (Wildman–Crippen LogP) is 6.73. The Labute approximate surface area is 260 Å². The maximum absolute atomic E-state index is 13.9. The molecule has 49 heavy (non-hydrogen) atoms. The Balaban J connectivity index is 5.41. The Morgan fingerprint density at radius 1 is 0.286 bits per heavy atom. The monoisotopic (exact) mass is 784 g/mol. The maximum atomic E-state index is 13.9. The first-order valence-electron chi connectivity index (χ1n) is 12.8. The maximum Gasteiger partial charge on any atom is 0.460 e. The van der Waals surface area contributed by atoms with Crippen LogP contribution in [-0.4, -0.2) is 137 Å². The van der Waals surface area contributed by atoms with Crippen molar-refractivity contribution in [2.45, 2.75) is 65.9 Å². The minimum Gasteiger partial charge on any atom is -0.394 e. The topological polar surface area (TPSA) is 66.4 Å². The van der Waals surface area contributed by atoms with Crippen molar-refractivity contribution in [3.63, 3.8) is 0 Å². The molecule has 0 aromatic carbocycles. The molecule has 27 heteroatoms. The fourth-order valence-corrected chi connectivity index (χ4v) is 2.99. The van der Waals surface area contributed by atoms with Crippen molar-refractivity contribution < 1.29 is 121 Å². The van der Waals surface area contributed by atoms with Gasteiger partial charge in [0.1, 0.15) is 0 Å². The molecule has 0 aliphatic rings. The van der Waals surface area contributed by atoms with Crippen molar-refractivity contribution in [3.05, 3.63) is 0 Å². The number of hydrogen-bond donors (Lipinski definition) is 1. The van der Waals surface area contributed by atoms with Crippen molar-refractivity contribution in [2.75, 3.05) is 72.7 Å². The van der Waals surface area contributed by atoms with Gasteiger partial charge < -0.3 is 28.8 Å². The molecule has 0 aliphatic heterocycles. The number of alkyl halides is 21. The van der Waals surface area contributed by atoms with Crippen LogP contribution in [0.2, 0.25) is 0 Å². The zero-order valence-corrected chi connectivity index (χ0v) is 23.9. The average molecular weight is 784 g/mol. The summed E-state index contributed by atoms with van der Waals surface area (Å²) >= 11 is 0. The van der Waals surface area contributed by atoms with Crippen LogP contribution in [0, 0.1) is 0 Å². The van der Waals surface area contributed by atoms with E-state index in [1.807, 2.05) is 0 Å². The molecule has 0 saturated carbocycles. The van der Waals surface area contributed by atoms with Gasteiger partial charge in [0.25, 0.3) is 0 Å². The molecule has 6 nitrogen and oxygen atoms in total. The fraction of sp³-hybridized carbons (Fsp3) is 1.00. The van der Waals surface area contributed by atoms with Crippen molar-refractivity contribution in [2.24, 2.45) is 0 Å². The minimum atomic E-state index is -9.20. The van der Waals surface area contributed by atoms with Crippen molar-refractivity contribution in [3.8, 4) is 0 Å². The smallest absolute Gasteiger partial charge is 0.394 e. The van der Waals surface area contributed by atoms with Gasteiger partial charge in [0.15, 0.2) is 0 Å². The van der Waals surface area contributed by atoms with Gasteiger partial charge in [-0.05, 0) is 0 Å².